The summed E-state index contributed by atoms with van der Waals surface area (Å²) in [5.74, 6) is -0.298. The van der Waals surface area contributed by atoms with Gasteiger partial charge in [-0.15, -0.1) is 0 Å². The predicted octanol–water partition coefficient (Wildman–Crippen LogP) is 5.72. The van der Waals surface area contributed by atoms with Gasteiger partial charge in [0.2, 0.25) is 0 Å². The van der Waals surface area contributed by atoms with Gasteiger partial charge in [0.05, 0.1) is 11.3 Å². The Labute approximate surface area is 159 Å². The number of halogens is 4. The van der Waals surface area contributed by atoms with Gasteiger partial charge in [0, 0.05) is 14.8 Å². The largest absolute Gasteiger partial charge is 0.416 e. The van der Waals surface area contributed by atoms with Crippen LogP contribution in [0.1, 0.15) is 24.0 Å². The van der Waals surface area contributed by atoms with Gasteiger partial charge in [-0.25, -0.2) is 0 Å². The summed E-state index contributed by atoms with van der Waals surface area (Å²) in [6.45, 7) is 0. The van der Waals surface area contributed by atoms with E-state index < -0.39 is 21.9 Å². The molecule has 0 bridgehead atoms. The molecule has 2 aromatic carbocycles. The standard InChI is InChI=1S/C17H16ClF3O3S2/c18-16-11-15(8-7-12(16)4-1-2-9-26(22,23)24)25-14-6-3-5-13(10-14)17(19,20)21/h3,5-8,10-11H,1-2,4,9H2,(H,22,23,24). The van der Waals surface area contributed by atoms with Crippen LogP contribution in [0.5, 0.6) is 0 Å². The molecule has 0 aromatic heterocycles. The Kier molecular flexibility index (Phi) is 7.01. The third-order valence-electron chi connectivity index (χ3n) is 3.52. The Morgan fingerprint density at radius 1 is 1.04 bits per heavy atom. The molecule has 142 valence electrons. The van der Waals surface area contributed by atoms with Gasteiger partial charge in [-0.3, -0.25) is 4.55 Å². The summed E-state index contributed by atoms with van der Waals surface area (Å²) in [5, 5.41) is 0.467. The highest BCUT2D eigenvalue weighted by Gasteiger charge is 2.30. The van der Waals surface area contributed by atoms with Gasteiger partial charge in [0.25, 0.3) is 10.1 Å². The van der Waals surface area contributed by atoms with Gasteiger partial charge in [0.1, 0.15) is 0 Å². The fourth-order valence-electron chi connectivity index (χ4n) is 2.27. The van der Waals surface area contributed by atoms with E-state index in [9.17, 15) is 21.6 Å². The minimum atomic E-state index is -4.39. The lowest BCUT2D eigenvalue weighted by Gasteiger charge is -2.10. The number of unbranched alkanes of at least 4 members (excludes halogenated alkanes) is 1. The maximum absolute atomic E-state index is 12.8. The molecule has 1 N–H and O–H groups in total. The highest BCUT2D eigenvalue weighted by atomic mass is 35.5. The van der Waals surface area contributed by atoms with Gasteiger partial charge < -0.3 is 0 Å². The van der Waals surface area contributed by atoms with Crippen molar-refractivity contribution in [2.24, 2.45) is 0 Å². The van der Waals surface area contributed by atoms with Crippen LogP contribution in [-0.4, -0.2) is 18.7 Å². The number of aryl methyl sites for hydroxylation is 1. The number of hydrogen-bond acceptors (Lipinski definition) is 3. The summed E-state index contributed by atoms with van der Waals surface area (Å²) in [4.78, 5) is 1.16. The first-order chi connectivity index (χ1) is 12.0. The molecule has 0 spiro atoms. The molecule has 2 rings (SSSR count). The molecule has 0 aliphatic rings. The molecular formula is C17H16ClF3O3S2. The quantitative estimate of drug-likeness (QED) is 0.456. The lowest BCUT2D eigenvalue weighted by molar-refractivity contribution is -0.137. The van der Waals surface area contributed by atoms with Crippen LogP contribution in [0.25, 0.3) is 0 Å². The van der Waals surface area contributed by atoms with E-state index in [2.05, 4.69) is 0 Å². The van der Waals surface area contributed by atoms with Crippen molar-refractivity contribution in [2.75, 3.05) is 5.75 Å². The second kappa shape index (κ2) is 8.65. The van der Waals surface area contributed by atoms with Gasteiger partial charge in [0.15, 0.2) is 0 Å². The zero-order valence-electron chi connectivity index (χ0n) is 13.5. The van der Waals surface area contributed by atoms with E-state index in [0.29, 0.717) is 34.1 Å². The number of hydrogen-bond donors (Lipinski definition) is 1. The minimum Gasteiger partial charge on any atom is -0.286 e. The van der Waals surface area contributed by atoms with Crippen LogP contribution in [0.2, 0.25) is 5.02 Å². The maximum atomic E-state index is 12.8. The van der Waals surface area contributed by atoms with Crippen molar-refractivity contribution in [3.8, 4) is 0 Å². The molecule has 2 aromatic rings. The van der Waals surface area contributed by atoms with Crippen LogP contribution in [0.15, 0.2) is 52.3 Å². The molecule has 0 unspecified atom stereocenters. The zero-order valence-corrected chi connectivity index (χ0v) is 15.9. The van der Waals surface area contributed by atoms with Crippen molar-refractivity contribution in [1.82, 2.24) is 0 Å². The lowest BCUT2D eigenvalue weighted by Crippen LogP contribution is -2.04. The molecule has 0 heterocycles. The van der Waals surface area contributed by atoms with Gasteiger partial charge in [-0.2, -0.15) is 21.6 Å². The second-order valence-electron chi connectivity index (χ2n) is 5.62. The summed E-state index contributed by atoms with van der Waals surface area (Å²) >= 11 is 7.38. The molecular weight excluding hydrogens is 409 g/mol. The second-order valence-corrected chi connectivity index (χ2v) is 8.75. The van der Waals surface area contributed by atoms with E-state index in [0.717, 1.165) is 17.7 Å². The highest BCUT2D eigenvalue weighted by Crippen LogP contribution is 2.35. The number of benzene rings is 2. The van der Waals surface area contributed by atoms with Crippen LogP contribution in [0.4, 0.5) is 13.2 Å². The summed E-state index contributed by atoms with van der Waals surface area (Å²) in [6.07, 6.45) is -2.99. The van der Waals surface area contributed by atoms with Crippen molar-refractivity contribution in [2.45, 2.75) is 35.2 Å². The Hall–Kier alpha value is -1.22. The fraction of sp³-hybridized carbons (Fsp3) is 0.294. The summed E-state index contributed by atoms with van der Waals surface area (Å²) < 4.78 is 68.3. The zero-order chi connectivity index (χ0) is 19.4. The molecule has 0 atom stereocenters. The molecule has 0 fully saturated rings. The first-order valence-electron chi connectivity index (χ1n) is 7.63. The SMILES string of the molecule is O=S(=O)(O)CCCCc1ccc(Sc2cccc(C(F)(F)F)c2)cc1Cl. The van der Waals surface area contributed by atoms with Crippen molar-refractivity contribution >= 4 is 33.5 Å². The fourth-order valence-corrected chi connectivity index (χ4v) is 4.09. The first-order valence-corrected chi connectivity index (χ1v) is 10.4. The Bertz CT molecular complexity index is 868. The number of alkyl halides is 3. The predicted molar refractivity (Wildman–Crippen MR) is 96.4 cm³/mol. The summed E-state index contributed by atoms with van der Waals surface area (Å²) in [5.41, 5.74) is 0.111. The van der Waals surface area contributed by atoms with Crippen molar-refractivity contribution in [1.29, 1.82) is 0 Å². The summed E-state index contributed by atoms with van der Waals surface area (Å²) in [7, 11) is -3.96. The van der Waals surface area contributed by atoms with Crippen LogP contribution < -0.4 is 0 Å². The molecule has 0 aliphatic carbocycles. The average Bonchev–Trinajstić information content (AvgIpc) is 2.52. The van der Waals surface area contributed by atoms with Gasteiger partial charge >= 0.3 is 6.18 Å². The third-order valence-corrected chi connectivity index (χ3v) is 5.66. The van der Waals surface area contributed by atoms with Crippen molar-refractivity contribution in [3.63, 3.8) is 0 Å². The molecule has 26 heavy (non-hydrogen) atoms. The van der Waals surface area contributed by atoms with Crippen molar-refractivity contribution < 1.29 is 26.1 Å². The van der Waals surface area contributed by atoms with Gasteiger partial charge in [-0.05, 0) is 55.2 Å². The van der Waals surface area contributed by atoms with E-state index in [1.54, 1.807) is 24.3 Å². The van der Waals surface area contributed by atoms with E-state index in [1.807, 2.05) is 0 Å². The average molecular weight is 425 g/mol. The van der Waals surface area contributed by atoms with E-state index in [4.69, 9.17) is 16.2 Å². The topological polar surface area (TPSA) is 54.4 Å². The maximum Gasteiger partial charge on any atom is 0.416 e. The Morgan fingerprint density at radius 2 is 1.73 bits per heavy atom. The highest BCUT2D eigenvalue weighted by molar-refractivity contribution is 7.99. The third kappa shape index (κ3) is 6.83. The van der Waals surface area contributed by atoms with Crippen LogP contribution in [-0.2, 0) is 22.7 Å². The molecule has 0 amide bonds. The van der Waals surface area contributed by atoms with E-state index in [-0.39, 0.29) is 5.75 Å². The molecule has 3 nitrogen and oxygen atoms in total. The van der Waals surface area contributed by atoms with Crippen molar-refractivity contribution in [3.05, 3.63) is 58.6 Å². The van der Waals surface area contributed by atoms with E-state index in [1.165, 1.54) is 17.8 Å². The Balaban J connectivity index is 2.01. The lowest BCUT2D eigenvalue weighted by atomic mass is 10.1. The molecule has 9 heteroatoms. The molecule has 0 aliphatic heterocycles. The molecule has 0 radical (unpaired) electrons. The number of rotatable bonds is 7. The first kappa shape index (κ1) is 21.1. The van der Waals surface area contributed by atoms with Crippen LogP contribution >= 0.6 is 23.4 Å². The minimum absolute atomic E-state index is 0.298. The van der Waals surface area contributed by atoms with Crippen LogP contribution in [0, 0.1) is 0 Å². The Morgan fingerprint density at radius 3 is 2.35 bits per heavy atom. The monoisotopic (exact) mass is 424 g/mol. The normalized spacial score (nSPS) is 12.3. The van der Waals surface area contributed by atoms with Gasteiger partial charge in [-0.1, -0.05) is 35.5 Å². The smallest absolute Gasteiger partial charge is 0.286 e. The van der Waals surface area contributed by atoms with Crippen LogP contribution in [0.3, 0.4) is 0 Å². The summed E-state index contributed by atoms with van der Waals surface area (Å²) in [6, 6.07) is 10.3. The molecule has 0 saturated heterocycles. The molecule has 0 saturated carbocycles. The van der Waals surface area contributed by atoms with E-state index >= 15 is 0 Å².